The van der Waals surface area contributed by atoms with E-state index in [1.165, 1.54) is 0 Å². The summed E-state index contributed by atoms with van der Waals surface area (Å²) in [4.78, 5) is 24.4. The second kappa shape index (κ2) is 7.29. The Morgan fingerprint density at radius 2 is 2.15 bits per heavy atom. The van der Waals surface area contributed by atoms with Gasteiger partial charge in [0.2, 0.25) is 0 Å². The summed E-state index contributed by atoms with van der Waals surface area (Å²) >= 11 is 0. The summed E-state index contributed by atoms with van der Waals surface area (Å²) in [6, 6.07) is 0. The molecule has 0 spiro atoms. The number of ether oxygens (including phenoxy) is 1. The summed E-state index contributed by atoms with van der Waals surface area (Å²) in [5.74, 6) is -0.419. The van der Waals surface area contributed by atoms with Gasteiger partial charge in [-0.3, -0.25) is 4.79 Å². The molecule has 0 amide bonds. The number of nitrogens with two attached hydrogens (primary N) is 1. The highest BCUT2D eigenvalue weighted by molar-refractivity contribution is 5.69. The Balaban J connectivity index is 3.22. The minimum Gasteiger partial charge on any atom is -0.464 e. The molecule has 0 saturated carbocycles. The molecule has 0 saturated heterocycles. The van der Waals surface area contributed by atoms with Gasteiger partial charge in [0.15, 0.2) is 0 Å². The topological polar surface area (TPSA) is 105 Å². The van der Waals surface area contributed by atoms with E-state index in [0.29, 0.717) is 0 Å². The fraction of sp³-hybridized carbons (Fsp3) is 0.833. The molecule has 0 bridgehead atoms. The molecule has 2 N–H and O–H groups in total. The lowest BCUT2D eigenvalue weighted by Crippen LogP contribution is -2.14. The molecule has 0 unspecified atom stereocenters. The number of nitrogens with zero attached hydrogens (tertiary/aromatic N) is 1. The molecule has 0 fully saturated rings. The molecule has 0 rings (SSSR count). The normalized spacial score (nSPS) is 9.31. The third-order valence-corrected chi connectivity index (χ3v) is 1.10. The van der Waals surface area contributed by atoms with E-state index < -0.39 is 11.1 Å². The molecule has 0 aromatic carbocycles. The predicted octanol–water partition coefficient (Wildman–Crippen LogP) is -0.523. The molecule has 0 atom stereocenters. The van der Waals surface area contributed by atoms with Gasteiger partial charge in [-0.1, -0.05) is 0 Å². The largest absolute Gasteiger partial charge is 0.464 e. The lowest BCUT2D eigenvalue weighted by Gasteiger charge is -2.01. The molecule has 0 aliphatic heterocycles. The van der Waals surface area contributed by atoms with Gasteiger partial charge in [0.05, 0.1) is 6.61 Å². The van der Waals surface area contributed by atoms with Gasteiger partial charge in [-0.2, -0.15) is 0 Å². The zero-order valence-corrected chi connectivity index (χ0v) is 7.10. The van der Waals surface area contributed by atoms with E-state index in [1.807, 2.05) is 0 Å². The first-order valence-electron chi connectivity index (χ1n) is 3.80. The quantitative estimate of drug-likeness (QED) is 0.252. The maximum Gasteiger partial charge on any atom is 0.305 e. The average Bonchev–Trinajstić information content (AvgIpc) is 2.08. The maximum atomic E-state index is 10.7. The Morgan fingerprint density at radius 3 is 2.69 bits per heavy atom. The minimum atomic E-state index is -0.898. The van der Waals surface area contributed by atoms with Gasteiger partial charge in [-0.25, -0.2) is 0 Å². The van der Waals surface area contributed by atoms with Crippen LogP contribution in [-0.2, 0) is 14.4 Å². The van der Waals surface area contributed by atoms with Crippen molar-refractivity contribution in [3.05, 3.63) is 10.1 Å². The Morgan fingerprint density at radius 1 is 1.46 bits per heavy atom. The lowest BCUT2D eigenvalue weighted by atomic mass is 10.3. The SMILES string of the molecule is NCCOC(=O)CCCO[N+](=O)[O-]. The predicted molar refractivity (Wildman–Crippen MR) is 42.2 cm³/mol. The molecule has 0 aliphatic rings. The third-order valence-electron chi connectivity index (χ3n) is 1.10. The van der Waals surface area contributed by atoms with Gasteiger partial charge in [-0.15, -0.1) is 10.1 Å². The Hall–Kier alpha value is -1.37. The van der Waals surface area contributed by atoms with Crippen LogP contribution in [0.3, 0.4) is 0 Å². The van der Waals surface area contributed by atoms with Crippen molar-refractivity contribution in [1.82, 2.24) is 0 Å². The van der Waals surface area contributed by atoms with E-state index in [0.717, 1.165) is 0 Å². The first kappa shape index (κ1) is 11.6. The smallest absolute Gasteiger partial charge is 0.305 e. The van der Waals surface area contributed by atoms with E-state index in [-0.39, 0.29) is 32.6 Å². The van der Waals surface area contributed by atoms with Gasteiger partial charge in [-0.05, 0) is 6.42 Å². The Labute approximate surface area is 74.9 Å². The van der Waals surface area contributed by atoms with E-state index in [1.54, 1.807) is 0 Å². The van der Waals surface area contributed by atoms with Crippen LogP contribution in [0, 0.1) is 10.1 Å². The van der Waals surface area contributed by atoms with Crippen LogP contribution in [0.4, 0.5) is 0 Å². The van der Waals surface area contributed by atoms with Gasteiger partial charge in [0.25, 0.3) is 5.09 Å². The number of carbonyl (C=O) groups is 1. The van der Waals surface area contributed by atoms with Gasteiger partial charge in [0.1, 0.15) is 6.61 Å². The van der Waals surface area contributed by atoms with Crippen molar-refractivity contribution in [2.24, 2.45) is 5.73 Å². The fourth-order valence-corrected chi connectivity index (χ4v) is 0.601. The summed E-state index contributed by atoms with van der Waals surface area (Å²) in [5.41, 5.74) is 5.08. The van der Waals surface area contributed by atoms with Crippen molar-refractivity contribution < 1.29 is 19.5 Å². The van der Waals surface area contributed by atoms with E-state index in [9.17, 15) is 14.9 Å². The van der Waals surface area contributed by atoms with Crippen LogP contribution in [0.5, 0.6) is 0 Å². The van der Waals surface area contributed by atoms with Gasteiger partial charge < -0.3 is 15.3 Å². The number of carbonyl (C=O) groups excluding carboxylic acids is 1. The molecular formula is C6H12N2O5. The molecule has 0 radical (unpaired) electrons. The molecule has 0 aromatic rings. The summed E-state index contributed by atoms with van der Waals surface area (Å²) in [5, 5.41) is 8.77. The van der Waals surface area contributed by atoms with Crippen molar-refractivity contribution in [3.63, 3.8) is 0 Å². The van der Waals surface area contributed by atoms with Crippen molar-refractivity contribution in [1.29, 1.82) is 0 Å². The highest BCUT2D eigenvalue weighted by atomic mass is 16.9. The monoisotopic (exact) mass is 192 g/mol. The maximum absolute atomic E-state index is 10.7. The van der Waals surface area contributed by atoms with Crippen molar-refractivity contribution in [3.8, 4) is 0 Å². The van der Waals surface area contributed by atoms with Crippen molar-refractivity contribution in [2.75, 3.05) is 19.8 Å². The highest BCUT2D eigenvalue weighted by Crippen LogP contribution is 1.93. The fourth-order valence-electron chi connectivity index (χ4n) is 0.601. The highest BCUT2D eigenvalue weighted by Gasteiger charge is 2.02. The molecule has 7 nitrogen and oxygen atoms in total. The molecule has 0 aromatic heterocycles. The molecule has 13 heavy (non-hydrogen) atoms. The lowest BCUT2D eigenvalue weighted by molar-refractivity contribution is -0.757. The minimum absolute atomic E-state index is 0.0925. The van der Waals surface area contributed by atoms with Crippen LogP contribution in [0.15, 0.2) is 0 Å². The van der Waals surface area contributed by atoms with Crippen LogP contribution in [-0.4, -0.2) is 30.8 Å². The Bertz CT molecular complexity index is 172. The zero-order chi connectivity index (χ0) is 10.1. The summed E-state index contributed by atoms with van der Waals surface area (Å²) in [6.07, 6.45) is 0.373. The van der Waals surface area contributed by atoms with Crippen LogP contribution >= 0.6 is 0 Å². The summed E-state index contributed by atoms with van der Waals surface area (Å²) < 4.78 is 4.61. The molecular weight excluding hydrogens is 180 g/mol. The standard InChI is InChI=1S/C6H12N2O5/c7-3-5-12-6(9)2-1-4-13-8(10)11/h1-5,7H2. The number of hydrogen-bond acceptors (Lipinski definition) is 6. The van der Waals surface area contributed by atoms with Crippen molar-refractivity contribution in [2.45, 2.75) is 12.8 Å². The summed E-state index contributed by atoms with van der Waals surface area (Å²) in [6.45, 7) is 0.358. The number of rotatable bonds is 7. The average molecular weight is 192 g/mol. The van der Waals surface area contributed by atoms with E-state index in [4.69, 9.17) is 5.73 Å². The van der Waals surface area contributed by atoms with E-state index >= 15 is 0 Å². The molecule has 7 heteroatoms. The Kier molecular flexibility index (Phi) is 6.52. The molecule has 76 valence electrons. The zero-order valence-electron chi connectivity index (χ0n) is 7.10. The van der Waals surface area contributed by atoms with Crippen LogP contribution < -0.4 is 5.73 Å². The van der Waals surface area contributed by atoms with Crippen LogP contribution in [0.1, 0.15) is 12.8 Å². The number of hydrogen-bond donors (Lipinski definition) is 1. The van der Waals surface area contributed by atoms with Gasteiger partial charge >= 0.3 is 5.97 Å². The molecule has 0 aliphatic carbocycles. The number of esters is 1. The second-order valence-corrected chi connectivity index (χ2v) is 2.17. The van der Waals surface area contributed by atoms with Crippen molar-refractivity contribution >= 4 is 5.97 Å². The molecule has 0 heterocycles. The second-order valence-electron chi connectivity index (χ2n) is 2.17. The van der Waals surface area contributed by atoms with Gasteiger partial charge in [0, 0.05) is 13.0 Å². The third kappa shape index (κ3) is 8.54. The van der Waals surface area contributed by atoms with Crippen LogP contribution in [0.2, 0.25) is 0 Å². The van der Waals surface area contributed by atoms with E-state index in [2.05, 4.69) is 9.57 Å². The first-order valence-corrected chi connectivity index (χ1v) is 3.80. The first-order chi connectivity index (χ1) is 6.16. The van der Waals surface area contributed by atoms with Crippen LogP contribution in [0.25, 0.3) is 0 Å². The summed E-state index contributed by atoms with van der Waals surface area (Å²) in [7, 11) is 0.